The molecule has 4 nitrogen and oxygen atoms in total. The van der Waals surface area contributed by atoms with Gasteiger partial charge in [-0.3, -0.25) is 5.32 Å². The number of hydrogen-bond acceptors (Lipinski definition) is 3. The predicted molar refractivity (Wildman–Crippen MR) is 76.2 cm³/mol. The van der Waals surface area contributed by atoms with Crippen molar-refractivity contribution in [3.05, 3.63) is 46.5 Å². The summed E-state index contributed by atoms with van der Waals surface area (Å²) in [4.78, 5) is 19.2. The number of carbonyl (C=O) groups is 1. The number of thiophene rings is 1. The van der Waals surface area contributed by atoms with E-state index < -0.39 is 5.82 Å². The van der Waals surface area contributed by atoms with Crippen LogP contribution < -0.4 is 5.32 Å². The molecule has 0 spiro atoms. The molecule has 3 rings (SSSR count). The van der Waals surface area contributed by atoms with Crippen LogP contribution in [-0.2, 0) is 0 Å². The first-order valence-electron chi connectivity index (χ1n) is 6.46. The Balaban J connectivity index is 1.71. The lowest BCUT2D eigenvalue weighted by Crippen LogP contribution is -2.34. The normalized spacial score (nSPS) is 18.2. The van der Waals surface area contributed by atoms with Crippen molar-refractivity contribution in [1.29, 1.82) is 0 Å². The number of halogens is 1. The maximum absolute atomic E-state index is 12.8. The van der Waals surface area contributed by atoms with Gasteiger partial charge in [0.25, 0.3) is 0 Å². The van der Waals surface area contributed by atoms with E-state index in [1.807, 2.05) is 16.3 Å². The molecule has 3 heterocycles. The highest BCUT2D eigenvalue weighted by molar-refractivity contribution is 7.10. The number of pyridine rings is 1. The van der Waals surface area contributed by atoms with E-state index in [0.29, 0.717) is 5.82 Å². The zero-order valence-corrected chi connectivity index (χ0v) is 11.6. The van der Waals surface area contributed by atoms with Crippen molar-refractivity contribution in [2.45, 2.75) is 18.9 Å². The Hall–Kier alpha value is -1.95. The van der Waals surface area contributed by atoms with E-state index >= 15 is 0 Å². The Morgan fingerprint density at radius 2 is 2.35 bits per heavy atom. The first-order chi connectivity index (χ1) is 9.74. The Kier molecular flexibility index (Phi) is 3.64. The van der Waals surface area contributed by atoms with Gasteiger partial charge in [-0.2, -0.15) is 0 Å². The summed E-state index contributed by atoms with van der Waals surface area (Å²) in [5.74, 6) is -0.0473. The topological polar surface area (TPSA) is 45.2 Å². The van der Waals surface area contributed by atoms with Crippen molar-refractivity contribution in [3.63, 3.8) is 0 Å². The van der Waals surface area contributed by atoms with Gasteiger partial charge in [0.05, 0.1) is 12.2 Å². The van der Waals surface area contributed by atoms with Crippen molar-refractivity contribution in [1.82, 2.24) is 9.88 Å². The molecule has 1 fully saturated rings. The lowest BCUT2D eigenvalue weighted by atomic mass is 10.2. The van der Waals surface area contributed by atoms with Gasteiger partial charge in [0.2, 0.25) is 0 Å². The smallest absolute Gasteiger partial charge is 0.317 e. The molecule has 1 aliphatic heterocycles. The average molecular weight is 291 g/mol. The second-order valence-electron chi connectivity index (χ2n) is 4.66. The largest absolute Gasteiger partial charge is 0.323 e. The summed E-state index contributed by atoms with van der Waals surface area (Å²) in [6.45, 7) is 0.732. The van der Waals surface area contributed by atoms with Crippen LogP contribution in [0.2, 0.25) is 0 Å². The standard InChI is InChI=1S/C14H14FN3OS/c15-10-5-6-13(16-9-10)17-14(19)18-7-1-3-11(18)12-4-2-8-20-12/h2,4-6,8-9,11H,1,3,7H2,(H,16,17,19)/t11-/m1/s1. The number of aromatic nitrogens is 1. The minimum absolute atomic E-state index is 0.135. The molecule has 2 aromatic rings. The van der Waals surface area contributed by atoms with Crippen molar-refractivity contribution in [2.75, 3.05) is 11.9 Å². The second-order valence-corrected chi connectivity index (χ2v) is 5.64. The monoisotopic (exact) mass is 291 g/mol. The highest BCUT2D eigenvalue weighted by Crippen LogP contribution is 2.34. The first-order valence-corrected chi connectivity index (χ1v) is 7.34. The number of nitrogens with zero attached hydrogens (tertiary/aromatic N) is 2. The molecule has 1 saturated heterocycles. The predicted octanol–water partition coefficient (Wildman–Crippen LogP) is 3.65. The molecule has 1 aliphatic rings. The highest BCUT2D eigenvalue weighted by atomic mass is 32.1. The van der Waals surface area contributed by atoms with Gasteiger partial charge in [-0.05, 0) is 36.4 Å². The molecule has 104 valence electrons. The molecule has 0 aromatic carbocycles. The van der Waals surface area contributed by atoms with Crippen LogP contribution in [0.1, 0.15) is 23.8 Å². The molecule has 2 aromatic heterocycles. The van der Waals surface area contributed by atoms with Crippen LogP contribution in [0.15, 0.2) is 35.8 Å². The number of urea groups is 1. The summed E-state index contributed by atoms with van der Waals surface area (Å²) in [6, 6.07) is 6.75. The van der Waals surface area contributed by atoms with Gasteiger partial charge in [-0.1, -0.05) is 6.07 Å². The van der Waals surface area contributed by atoms with E-state index in [1.165, 1.54) is 17.0 Å². The Morgan fingerprint density at radius 1 is 1.45 bits per heavy atom. The van der Waals surface area contributed by atoms with Crippen LogP contribution >= 0.6 is 11.3 Å². The summed E-state index contributed by atoms with van der Waals surface area (Å²) in [5.41, 5.74) is 0. The van der Waals surface area contributed by atoms with Gasteiger partial charge >= 0.3 is 6.03 Å². The van der Waals surface area contributed by atoms with Crippen molar-refractivity contribution in [2.24, 2.45) is 0 Å². The van der Waals surface area contributed by atoms with Crippen LogP contribution in [0.5, 0.6) is 0 Å². The molecule has 0 bridgehead atoms. The Bertz CT molecular complexity index is 585. The molecule has 20 heavy (non-hydrogen) atoms. The molecule has 0 saturated carbocycles. The van der Waals surface area contributed by atoms with E-state index in [-0.39, 0.29) is 12.1 Å². The molecule has 0 aliphatic carbocycles. The molecule has 1 N–H and O–H groups in total. The number of likely N-dealkylation sites (tertiary alicyclic amines) is 1. The first kappa shape index (κ1) is 13.1. The summed E-state index contributed by atoms with van der Waals surface area (Å²) < 4.78 is 12.8. The lowest BCUT2D eigenvalue weighted by molar-refractivity contribution is 0.207. The van der Waals surface area contributed by atoms with Crippen molar-refractivity contribution >= 4 is 23.2 Å². The van der Waals surface area contributed by atoms with Gasteiger partial charge < -0.3 is 4.90 Å². The fraction of sp³-hybridized carbons (Fsp3) is 0.286. The number of hydrogen-bond donors (Lipinski definition) is 1. The van der Waals surface area contributed by atoms with Crippen LogP contribution in [0.25, 0.3) is 0 Å². The molecule has 0 radical (unpaired) electrons. The number of amides is 2. The molecular formula is C14H14FN3OS. The molecule has 6 heteroatoms. The maximum atomic E-state index is 12.8. The molecule has 1 atom stereocenters. The lowest BCUT2D eigenvalue weighted by Gasteiger charge is -2.23. The van der Waals surface area contributed by atoms with Gasteiger partial charge in [-0.15, -0.1) is 11.3 Å². The third-order valence-corrected chi connectivity index (χ3v) is 4.32. The van der Waals surface area contributed by atoms with Gasteiger partial charge in [-0.25, -0.2) is 14.2 Å². The summed E-state index contributed by atoms with van der Waals surface area (Å²) in [5, 5.41) is 4.74. The van der Waals surface area contributed by atoms with Crippen molar-refractivity contribution < 1.29 is 9.18 Å². The van der Waals surface area contributed by atoms with E-state index in [1.54, 1.807) is 11.3 Å². The van der Waals surface area contributed by atoms with Crippen LogP contribution in [0.3, 0.4) is 0 Å². The summed E-state index contributed by atoms with van der Waals surface area (Å²) in [6.07, 6.45) is 3.06. The highest BCUT2D eigenvalue weighted by Gasteiger charge is 2.30. The molecule has 0 unspecified atom stereocenters. The average Bonchev–Trinajstić information content (AvgIpc) is 3.11. The maximum Gasteiger partial charge on any atom is 0.323 e. The quantitative estimate of drug-likeness (QED) is 0.918. The Morgan fingerprint density at radius 3 is 3.05 bits per heavy atom. The fourth-order valence-electron chi connectivity index (χ4n) is 2.42. The third kappa shape index (κ3) is 2.65. The van der Waals surface area contributed by atoms with E-state index in [2.05, 4.69) is 16.4 Å². The van der Waals surface area contributed by atoms with E-state index in [4.69, 9.17) is 0 Å². The van der Waals surface area contributed by atoms with Gasteiger partial charge in [0.15, 0.2) is 0 Å². The summed E-state index contributed by atoms with van der Waals surface area (Å²) >= 11 is 1.66. The third-order valence-electron chi connectivity index (χ3n) is 3.35. The molecule has 2 amide bonds. The Labute approximate surface area is 120 Å². The minimum Gasteiger partial charge on any atom is -0.317 e. The zero-order valence-electron chi connectivity index (χ0n) is 10.8. The van der Waals surface area contributed by atoms with Crippen LogP contribution in [-0.4, -0.2) is 22.5 Å². The minimum atomic E-state index is -0.416. The SMILES string of the molecule is O=C(Nc1ccc(F)cn1)N1CCC[C@@H]1c1cccs1. The van der Waals surface area contributed by atoms with Crippen LogP contribution in [0.4, 0.5) is 15.0 Å². The number of rotatable bonds is 2. The zero-order chi connectivity index (χ0) is 13.9. The second kappa shape index (κ2) is 5.58. The van der Waals surface area contributed by atoms with Crippen molar-refractivity contribution in [3.8, 4) is 0 Å². The van der Waals surface area contributed by atoms with Gasteiger partial charge in [0, 0.05) is 11.4 Å². The molecular weight excluding hydrogens is 277 g/mol. The number of nitrogens with one attached hydrogen (secondary N) is 1. The number of anilines is 1. The number of carbonyl (C=O) groups excluding carboxylic acids is 1. The van der Waals surface area contributed by atoms with Gasteiger partial charge in [0.1, 0.15) is 11.6 Å². The van der Waals surface area contributed by atoms with Crippen LogP contribution in [0, 0.1) is 5.82 Å². The fourth-order valence-corrected chi connectivity index (χ4v) is 3.29. The van der Waals surface area contributed by atoms with E-state index in [0.717, 1.165) is 25.6 Å². The van der Waals surface area contributed by atoms with E-state index in [9.17, 15) is 9.18 Å². The summed E-state index contributed by atoms with van der Waals surface area (Å²) in [7, 11) is 0.